The fraction of sp³-hybridized carbons (Fsp3) is 0.556. The average molecular weight is 230 g/mol. The summed E-state index contributed by atoms with van der Waals surface area (Å²) in [6.45, 7) is 2.96. The number of carbonyl (C=O) groups excluding carboxylic acids is 1. The molecule has 5 nitrogen and oxygen atoms in total. The Kier molecular flexibility index (Phi) is 3.78. The number of aromatic nitrogens is 1. The smallest absolute Gasteiger partial charge is 0.280 e. The van der Waals surface area contributed by atoms with Crippen LogP contribution in [0, 0.1) is 0 Å². The van der Waals surface area contributed by atoms with Crippen molar-refractivity contribution in [1.29, 1.82) is 0 Å². The fourth-order valence-corrected chi connectivity index (χ4v) is 1.40. The predicted octanol–water partition coefficient (Wildman–Crippen LogP) is 0.00470. The summed E-state index contributed by atoms with van der Waals surface area (Å²) >= 11 is 1.22. The van der Waals surface area contributed by atoms with Gasteiger partial charge >= 0.3 is 0 Å². The van der Waals surface area contributed by atoms with Crippen molar-refractivity contribution in [2.45, 2.75) is 25.6 Å². The first-order chi connectivity index (χ1) is 6.91. The van der Waals surface area contributed by atoms with Crippen LogP contribution in [-0.4, -0.2) is 39.4 Å². The van der Waals surface area contributed by atoms with E-state index < -0.39 is 11.7 Å². The Morgan fingerprint density at radius 1 is 1.73 bits per heavy atom. The summed E-state index contributed by atoms with van der Waals surface area (Å²) in [4.78, 5) is 15.2. The minimum absolute atomic E-state index is 0.00190. The van der Waals surface area contributed by atoms with E-state index in [1.54, 1.807) is 5.38 Å². The molecule has 15 heavy (non-hydrogen) atoms. The van der Waals surface area contributed by atoms with Gasteiger partial charge in [-0.3, -0.25) is 4.79 Å². The maximum atomic E-state index is 11.4. The SMILES string of the molecule is CC(C)(O)C(O)CNC(=O)c1nccs1. The molecular formula is C9H14N2O3S. The molecule has 0 spiro atoms. The lowest BCUT2D eigenvalue weighted by Gasteiger charge is -2.24. The minimum Gasteiger partial charge on any atom is -0.388 e. The zero-order chi connectivity index (χ0) is 11.5. The molecule has 0 aliphatic carbocycles. The Hall–Kier alpha value is -0.980. The van der Waals surface area contributed by atoms with E-state index >= 15 is 0 Å². The van der Waals surface area contributed by atoms with Crippen LogP contribution < -0.4 is 5.32 Å². The van der Waals surface area contributed by atoms with Gasteiger partial charge in [0.25, 0.3) is 5.91 Å². The highest BCUT2D eigenvalue weighted by atomic mass is 32.1. The second kappa shape index (κ2) is 4.69. The summed E-state index contributed by atoms with van der Waals surface area (Å²) in [6.07, 6.45) is 0.535. The van der Waals surface area contributed by atoms with Crippen molar-refractivity contribution in [2.24, 2.45) is 0 Å². The van der Waals surface area contributed by atoms with Crippen LogP contribution in [0.1, 0.15) is 23.6 Å². The molecule has 3 N–H and O–H groups in total. The van der Waals surface area contributed by atoms with Crippen molar-refractivity contribution < 1.29 is 15.0 Å². The molecule has 1 atom stereocenters. The molecule has 1 unspecified atom stereocenters. The number of hydrogen-bond acceptors (Lipinski definition) is 5. The number of nitrogens with one attached hydrogen (secondary N) is 1. The van der Waals surface area contributed by atoms with Gasteiger partial charge in [0.1, 0.15) is 0 Å². The lowest BCUT2D eigenvalue weighted by atomic mass is 10.0. The topological polar surface area (TPSA) is 82.5 Å². The van der Waals surface area contributed by atoms with Gasteiger partial charge in [-0.25, -0.2) is 4.98 Å². The van der Waals surface area contributed by atoms with Crippen LogP contribution in [0.25, 0.3) is 0 Å². The minimum atomic E-state index is -1.23. The predicted molar refractivity (Wildman–Crippen MR) is 56.8 cm³/mol. The van der Waals surface area contributed by atoms with Gasteiger partial charge in [0.2, 0.25) is 0 Å². The Morgan fingerprint density at radius 3 is 2.87 bits per heavy atom. The largest absolute Gasteiger partial charge is 0.388 e. The number of aliphatic hydroxyl groups excluding tert-OH is 1. The van der Waals surface area contributed by atoms with Crippen LogP contribution >= 0.6 is 11.3 Å². The molecule has 1 aromatic rings. The standard InChI is InChI=1S/C9H14N2O3S/c1-9(2,14)6(12)5-11-7(13)8-10-3-4-15-8/h3-4,6,12,14H,5H2,1-2H3,(H,11,13). The second-order valence-corrected chi connectivity index (χ2v) is 4.61. The molecule has 0 bridgehead atoms. The van der Waals surface area contributed by atoms with Crippen molar-refractivity contribution in [1.82, 2.24) is 10.3 Å². The van der Waals surface area contributed by atoms with E-state index in [1.165, 1.54) is 31.4 Å². The lowest BCUT2D eigenvalue weighted by Crippen LogP contribution is -2.44. The summed E-state index contributed by atoms with van der Waals surface area (Å²) in [5.74, 6) is -0.340. The van der Waals surface area contributed by atoms with Crippen LogP contribution in [-0.2, 0) is 0 Å². The van der Waals surface area contributed by atoms with Gasteiger partial charge in [0.15, 0.2) is 5.01 Å². The number of rotatable bonds is 4. The van der Waals surface area contributed by atoms with Crippen molar-refractivity contribution in [3.8, 4) is 0 Å². The molecule has 1 amide bonds. The summed E-state index contributed by atoms with van der Waals surface area (Å²) in [7, 11) is 0. The first-order valence-corrected chi connectivity index (χ1v) is 5.37. The third-order valence-electron chi connectivity index (χ3n) is 1.90. The van der Waals surface area contributed by atoms with E-state index in [0.29, 0.717) is 5.01 Å². The zero-order valence-corrected chi connectivity index (χ0v) is 9.41. The highest BCUT2D eigenvalue weighted by molar-refractivity contribution is 7.11. The van der Waals surface area contributed by atoms with Crippen LogP contribution in [0.4, 0.5) is 0 Å². The highest BCUT2D eigenvalue weighted by Crippen LogP contribution is 2.08. The molecule has 0 aliphatic rings. The molecular weight excluding hydrogens is 216 g/mol. The Bertz CT molecular complexity index is 319. The molecule has 1 aromatic heterocycles. The molecule has 0 aliphatic heterocycles. The first kappa shape index (κ1) is 12.1. The van der Waals surface area contributed by atoms with E-state index in [9.17, 15) is 15.0 Å². The van der Waals surface area contributed by atoms with Crippen molar-refractivity contribution in [3.63, 3.8) is 0 Å². The van der Waals surface area contributed by atoms with Crippen LogP contribution in [0.5, 0.6) is 0 Å². The summed E-state index contributed by atoms with van der Waals surface area (Å²) in [5.41, 5.74) is -1.23. The third-order valence-corrected chi connectivity index (χ3v) is 2.67. The normalized spacial score (nSPS) is 13.6. The number of carbonyl (C=O) groups is 1. The van der Waals surface area contributed by atoms with E-state index in [1.807, 2.05) is 0 Å². The first-order valence-electron chi connectivity index (χ1n) is 4.49. The monoisotopic (exact) mass is 230 g/mol. The van der Waals surface area contributed by atoms with Gasteiger partial charge in [-0.1, -0.05) is 0 Å². The Balaban J connectivity index is 2.42. The molecule has 1 rings (SSSR count). The molecule has 84 valence electrons. The maximum absolute atomic E-state index is 11.4. The number of aliphatic hydroxyl groups is 2. The van der Waals surface area contributed by atoms with Crippen molar-refractivity contribution in [3.05, 3.63) is 16.6 Å². The molecule has 0 fully saturated rings. The van der Waals surface area contributed by atoms with E-state index in [-0.39, 0.29) is 12.5 Å². The van der Waals surface area contributed by atoms with Crippen LogP contribution in [0.15, 0.2) is 11.6 Å². The van der Waals surface area contributed by atoms with Crippen molar-refractivity contribution in [2.75, 3.05) is 6.54 Å². The fourth-order valence-electron chi connectivity index (χ4n) is 0.850. The number of hydrogen-bond donors (Lipinski definition) is 3. The molecule has 0 aromatic carbocycles. The third kappa shape index (κ3) is 3.58. The Labute approximate surface area is 91.8 Å². The molecule has 1 heterocycles. The average Bonchev–Trinajstić information content (AvgIpc) is 2.64. The maximum Gasteiger partial charge on any atom is 0.280 e. The zero-order valence-electron chi connectivity index (χ0n) is 8.60. The van der Waals surface area contributed by atoms with Gasteiger partial charge in [0.05, 0.1) is 11.7 Å². The quantitative estimate of drug-likeness (QED) is 0.680. The Morgan fingerprint density at radius 2 is 2.40 bits per heavy atom. The van der Waals surface area contributed by atoms with E-state index in [4.69, 9.17) is 0 Å². The van der Waals surface area contributed by atoms with Crippen LogP contribution in [0.3, 0.4) is 0 Å². The second-order valence-electron chi connectivity index (χ2n) is 3.72. The number of thiazole rings is 1. The summed E-state index contributed by atoms with van der Waals surface area (Å²) in [5, 5.41) is 23.4. The van der Waals surface area contributed by atoms with Gasteiger partial charge in [-0.15, -0.1) is 11.3 Å². The number of nitrogens with zero attached hydrogens (tertiary/aromatic N) is 1. The molecule has 6 heteroatoms. The van der Waals surface area contributed by atoms with E-state index in [0.717, 1.165) is 0 Å². The van der Waals surface area contributed by atoms with Crippen LogP contribution in [0.2, 0.25) is 0 Å². The van der Waals surface area contributed by atoms with Gasteiger partial charge < -0.3 is 15.5 Å². The highest BCUT2D eigenvalue weighted by Gasteiger charge is 2.24. The summed E-state index contributed by atoms with van der Waals surface area (Å²) in [6, 6.07) is 0. The van der Waals surface area contributed by atoms with Gasteiger partial charge in [-0.05, 0) is 13.8 Å². The molecule has 0 radical (unpaired) electrons. The lowest BCUT2D eigenvalue weighted by molar-refractivity contribution is -0.0453. The number of amides is 1. The molecule has 0 saturated carbocycles. The van der Waals surface area contributed by atoms with E-state index in [2.05, 4.69) is 10.3 Å². The van der Waals surface area contributed by atoms with Gasteiger partial charge in [-0.2, -0.15) is 0 Å². The summed E-state index contributed by atoms with van der Waals surface area (Å²) < 4.78 is 0. The van der Waals surface area contributed by atoms with Gasteiger partial charge in [0, 0.05) is 18.1 Å². The van der Waals surface area contributed by atoms with Crippen molar-refractivity contribution >= 4 is 17.2 Å². The molecule has 0 saturated heterocycles.